The predicted octanol–water partition coefficient (Wildman–Crippen LogP) is 0.407. The van der Waals surface area contributed by atoms with Gasteiger partial charge in [0, 0.05) is 24.4 Å². The lowest BCUT2D eigenvalue weighted by atomic mass is 10.2. The van der Waals surface area contributed by atoms with Crippen LogP contribution in [0.4, 0.5) is 0 Å². The Bertz CT molecular complexity index is 394. The molecule has 2 N–H and O–H groups in total. The maximum atomic E-state index is 11.8. The predicted molar refractivity (Wildman–Crippen MR) is 70.9 cm³/mol. The second-order valence-corrected chi connectivity index (χ2v) is 5.66. The van der Waals surface area contributed by atoms with Gasteiger partial charge in [-0.25, -0.2) is 4.98 Å². The summed E-state index contributed by atoms with van der Waals surface area (Å²) in [5, 5.41) is 7.13. The van der Waals surface area contributed by atoms with Crippen molar-refractivity contribution in [2.75, 3.05) is 26.3 Å². The van der Waals surface area contributed by atoms with Crippen molar-refractivity contribution < 1.29 is 9.53 Å². The molecule has 0 aromatic carbocycles. The normalized spacial score (nSPS) is 19.8. The molecule has 5 nitrogen and oxygen atoms in total. The van der Waals surface area contributed by atoms with Crippen molar-refractivity contribution in [2.24, 2.45) is 0 Å². The molecule has 1 saturated heterocycles. The first kappa shape index (κ1) is 13.5. The molecule has 1 aliphatic heterocycles. The van der Waals surface area contributed by atoms with Gasteiger partial charge in [-0.1, -0.05) is 0 Å². The number of aryl methyl sites for hydroxylation is 2. The van der Waals surface area contributed by atoms with Crippen LogP contribution in [-0.2, 0) is 16.0 Å². The molecule has 0 radical (unpaired) electrons. The summed E-state index contributed by atoms with van der Waals surface area (Å²) < 4.78 is 5.25. The number of hydrogen-bond acceptors (Lipinski definition) is 5. The number of hydrogen-bond donors (Lipinski definition) is 2. The van der Waals surface area contributed by atoms with Gasteiger partial charge in [-0.2, -0.15) is 0 Å². The summed E-state index contributed by atoms with van der Waals surface area (Å²) in [7, 11) is 0. The SMILES string of the molecule is Cc1nc(CCNC(=O)C2COCCN2)sc1C. The van der Waals surface area contributed by atoms with Crippen LogP contribution in [0.2, 0.25) is 0 Å². The molecule has 18 heavy (non-hydrogen) atoms. The number of carbonyl (C=O) groups is 1. The van der Waals surface area contributed by atoms with E-state index < -0.39 is 0 Å². The highest BCUT2D eigenvalue weighted by Gasteiger charge is 2.20. The lowest BCUT2D eigenvalue weighted by molar-refractivity contribution is -0.125. The molecule has 0 bridgehead atoms. The highest BCUT2D eigenvalue weighted by Crippen LogP contribution is 2.16. The van der Waals surface area contributed by atoms with Gasteiger partial charge in [-0.3, -0.25) is 4.79 Å². The van der Waals surface area contributed by atoms with Crippen LogP contribution in [0.5, 0.6) is 0 Å². The van der Waals surface area contributed by atoms with Crippen LogP contribution >= 0.6 is 11.3 Å². The van der Waals surface area contributed by atoms with E-state index >= 15 is 0 Å². The molecular weight excluding hydrogens is 250 g/mol. The van der Waals surface area contributed by atoms with E-state index in [0.29, 0.717) is 19.8 Å². The largest absolute Gasteiger partial charge is 0.378 e. The molecule has 0 aliphatic carbocycles. The summed E-state index contributed by atoms with van der Waals surface area (Å²) in [6.07, 6.45) is 0.790. The zero-order valence-corrected chi connectivity index (χ0v) is 11.6. The van der Waals surface area contributed by atoms with Crippen molar-refractivity contribution in [2.45, 2.75) is 26.3 Å². The van der Waals surface area contributed by atoms with Gasteiger partial charge in [-0.15, -0.1) is 11.3 Å². The molecule has 1 fully saturated rings. The average Bonchev–Trinajstić information content (AvgIpc) is 2.69. The number of ether oxygens (including phenoxy) is 1. The lowest BCUT2D eigenvalue weighted by Crippen LogP contribution is -2.51. The molecular formula is C12H19N3O2S. The molecule has 1 amide bonds. The standard InChI is InChI=1S/C12H19N3O2S/c1-8-9(2)18-11(15-8)3-4-14-12(16)10-7-17-6-5-13-10/h10,13H,3-7H2,1-2H3,(H,14,16). The summed E-state index contributed by atoms with van der Waals surface area (Å²) in [5.41, 5.74) is 1.09. The van der Waals surface area contributed by atoms with Gasteiger partial charge in [0.25, 0.3) is 0 Å². The third-order valence-corrected chi connectivity index (χ3v) is 4.08. The van der Waals surface area contributed by atoms with Crippen LogP contribution in [0.3, 0.4) is 0 Å². The second-order valence-electron chi connectivity index (χ2n) is 4.37. The summed E-state index contributed by atoms with van der Waals surface area (Å²) >= 11 is 1.70. The molecule has 1 aromatic rings. The molecule has 100 valence electrons. The van der Waals surface area contributed by atoms with E-state index in [2.05, 4.69) is 22.5 Å². The minimum Gasteiger partial charge on any atom is -0.378 e. The van der Waals surface area contributed by atoms with Crippen molar-refractivity contribution in [3.63, 3.8) is 0 Å². The zero-order chi connectivity index (χ0) is 13.0. The summed E-state index contributed by atoms with van der Waals surface area (Å²) in [4.78, 5) is 17.5. The first-order chi connectivity index (χ1) is 8.66. The van der Waals surface area contributed by atoms with Crippen molar-refractivity contribution in [1.82, 2.24) is 15.6 Å². The van der Waals surface area contributed by atoms with E-state index in [4.69, 9.17) is 4.74 Å². The van der Waals surface area contributed by atoms with Crippen molar-refractivity contribution in [3.8, 4) is 0 Å². The molecule has 0 saturated carbocycles. The topological polar surface area (TPSA) is 63.2 Å². The van der Waals surface area contributed by atoms with Crippen LogP contribution < -0.4 is 10.6 Å². The number of nitrogens with one attached hydrogen (secondary N) is 2. The average molecular weight is 269 g/mol. The summed E-state index contributed by atoms with van der Waals surface area (Å²) in [6.45, 7) is 6.59. The Morgan fingerprint density at radius 3 is 3.06 bits per heavy atom. The van der Waals surface area contributed by atoms with E-state index in [1.165, 1.54) is 4.88 Å². The minimum atomic E-state index is -0.210. The van der Waals surface area contributed by atoms with Gasteiger partial charge in [0.2, 0.25) is 5.91 Å². The first-order valence-corrected chi connectivity index (χ1v) is 7.00. The molecule has 1 aromatic heterocycles. The lowest BCUT2D eigenvalue weighted by Gasteiger charge is -2.22. The van der Waals surface area contributed by atoms with Crippen molar-refractivity contribution in [1.29, 1.82) is 0 Å². The number of nitrogens with zero attached hydrogens (tertiary/aromatic N) is 1. The van der Waals surface area contributed by atoms with E-state index in [1.54, 1.807) is 11.3 Å². The van der Waals surface area contributed by atoms with Crippen molar-refractivity contribution in [3.05, 3.63) is 15.6 Å². The molecule has 1 unspecified atom stereocenters. The molecule has 1 atom stereocenters. The quantitative estimate of drug-likeness (QED) is 0.831. The van der Waals surface area contributed by atoms with Crippen LogP contribution in [0.1, 0.15) is 15.6 Å². The molecule has 1 aliphatic rings. The van der Waals surface area contributed by atoms with E-state index in [1.807, 2.05) is 6.92 Å². The fraction of sp³-hybridized carbons (Fsp3) is 0.667. The molecule has 6 heteroatoms. The number of morpholine rings is 1. The number of amides is 1. The molecule has 2 heterocycles. The highest BCUT2D eigenvalue weighted by molar-refractivity contribution is 7.11. The third kappa shape index (κ3) is 3.51. The first-order valence-electron chi connectivity index (χ1n) is 6.18. The molecule has 2 rings (SSSR count). The Balaban J connectivity index is 1.72. The summed E-state index contributed by atoms with van der Waals surface area (Å²) in [6, 6.07) is -0.210. The monoisotopic (exact) mass is 269 g/mol. The number of thiazole rings is 1. The van der Waals surface area contributed by atoms with Crippen molar-refractivity contribution >= 4 is 17.2 Å². The Kier molecular flexibility index (Phi) is 4.68. The smallest absolute Gasteiger partial charge is 0.239 e. The van der Waals surface area contributed by atoms with Crippen LogP contribution in [0.25, 0.3) is 0 Å². The van der Waals surface area contributed by atoms with Crippen LogP contribution in [0.15, 0.2) is 0 Å². The number of carbonyl (C=O) groups excluding carboxylic acids is 1. The Morgan fingerprint density at radius 1 is 1.61 bits per heavy atom. The zero-order valence-electron chi connectivity index (χ0n) is 10.8. The minimum absolute atomic E-state index is 0.0136. The number of aromatic nitrogens is 1. The van der Waals surface area contributed by atoms with Gasteiger partial charge >= 0.3 is 0 Å². The Hall–Kier alpha value is -0.980. The van der Waals surface area contributed by atoms with E-state index in [9.17, 15) is 4.79 Å². The van der Waals surface area contributed by atoms with Gasteiger partial charge in [-0.05, 0) is 13.8 Å². The fourth-order valence-electron chi connectivity index (χ4n) is 1.80. The Labute approximate surface area is 111 Å². The number of rotatable bonds is 4. The van der Waals surface area contributed by atoms with Gasteiger partial charge < -0.3 is 15.4 Å². The van der Waals surface area contributed by atoms with Gasteiger partial charge in [0.1, 0.15) is 6.04 Å². The van der Waals surface area contributed by atoms with Crippen LogP contribution in [0, 0.1) is 13.8 Å². The van der Waals surface area contributed by atoms with E-state index in [0.717, 1.165) is 23.7 Å². The maximum absolute atomic E-state index is 11.8. The Morgan fingerprint density at radius 2 is 2.44 bits per heavy atom. The second kappa shape index (κ2) is 6.26. The van der Waals surface area contributed by atoms with Gasteiger partial charge in [0.05, 0.1) is 23.9 Å². The van der Waals surface area contributed by atoms with E-state index in [-0.39, 0.29) is 11.9 Å². The maximum Gasteiger partial charge on any atom is 0.239 e. The third-order valence-electron chi connectivity index (χ3n) is 2.95. The fourth-order valence-corrected chi connectivity index (χ4v) is 2.73. The van der Waals surface area contributed by atoms with Gasteiger partial charge in [0.15, 0.2) is 0 Å². The van der Waals surface area contributed by atoms with Crippen LogP contribution in [-0.4, -0.2) is 43.2 Å². The highest BCUT2D eigenvalue weighted by atomic mass is 32.1. The summed E-state index contributed by atoms with van der Waals surface area (Å²) in [5.74, 6) is 0.0136. The molecule has 0 spiro atoms.